The van der Waals surface area contributed by atoms with Gasteiger partial charge < -0.3 is 25.5 Å². The number of nitrogens with zero attached hydrogens (tertiary/aromatic N) is 4. The van der Waals surface area contributed by atoms with E-state index in [-0.39, 0.29) is 12.6 Å². The number of rotatable bonds is 6. The maximum Gasteiger partial charge on any atom is 0.155 e. The normalized spacial score (nSPS) is 20.6. The number of hydrogen-bond acceptors (Lipinski definition) is 7. The van der Waals surface area contributed by atoms with Gasteiger partial charge in [-0.1, -0.05) is 18.2 Å². The van der Waals surface area contributed by atoms with Crippen molar-refractivity contribution in [2.75, 3.05) is 44.7 Å². The van der Waals surface area contributed by atoms with Crippen LogP contribution in [0.5, 0.6) is 0 Å². The van der Waals surface area contributed by atoms with Crippen LogP contribution in [0.3, 0.4) is 0 Å². The van der Waals surface area contributed by atoms with Crippen molar-refractivity contribution >= 4 is 22.9 Å². The minimum atomic E-state index is 0.0448. The van der Waals surface area contributed by atoms with Crippen molar-refractivity contribution in [1.29, 1.82) is 0 Å². The fraction of sp³-hybridized carbons (Fsp3) is 0.391. The summed E-state index contributed by atoms with van der Waals surface area (Å²) in [5, 5.41) is 16.2. The molecule has 0 bridgehead atoms. The molecule has 1 unspecified atom stereocenters. The molecule has 0 amide bonds. The van der Waals surface area contributed by atoms with Gasteiger partial charge in [0.15, 0.2) is 5.84 Å². The molecule has 1 aromatic carbocycles. The summed E-state index contributed by atoms with van der Waals surface area (Å²) in [4.78, 5) is 13.9. The van der Waals surface area contributed by atoms with E-state index in [0.29, 0.717) is 6.54 Å². The van der Waals surface area contributed by atoms with Crippen LogP contribution in [0.15, 0.2) is 64.5 Å². The average Bonchev–Trinajstić information content (AvgIpc) is 2.79. The largest absolute Gasteiger partial charge is 0.395 e. The fourth-order valence-electron chi connectivity index (χ4n) is 3.92. The molecule has 1 atom stereocenters. The first-order valence-electron chi connectivity index (χ1n) is 10.6. The molecule has 0 spiro atoms. The molecule has 0 radical (unpaired) electrons. The molecule has 0 fully saturated rings. The summed E-state index contributed by atoms with van der Waals surface area (Å²) < 4.78 is 0. The summed E-state index contributed by atoms with van der Waals surface area (Å²) in [6.45, 7) is 5.55. The monoisotopic (exact) mass is 406 g/mol. The Hall–Kier alpha value is -2.90. The minimum Gasteiger partial charge on any atom is -0.395 e. The minimum absolute atomic E-state index is 0.0448. The molecule has 3 heterocycles. The average molecular weight is 407 g/mol. The van der Waals surface area contributed by atoms with E-state index >= 15 is 0 Å². The van der Waals surface area contributed by atoms with Gasteiger partial charge in [0, 0.05) is 56.0 Å². The number of amidine groups is 1. The summed E-state index contributed by atoms with van der Waals surface area (Å²) in [5.41, 5.74) is 5.18. The molecular formula is C23H30N6O. The molecule has 0 saturated carbocycles. The predicted octanol–water partition coefficient (Wildman–Crippen LogP) is 1.95. The lowest BCUT2D eigenvalue weighted by Gasteiger charge is -2.32. The van der Waals surface area contributed by atoms with E-state index in [9.17, 15) is 5.11 Å². The van der Waals surface area contributed by atoms with Gasteiger partial charge in [0.25, 0.3) is 0 Å². The molecule has 1 aromatic rings. The Morgan fingerprint density at radius 2 is 2.13 bits per heavy atom. The van der Waals surface area contributed by atoms with Crippen LogP contribution >= 0.6 is 0 Å². The van der Waals surface area contributed by atoms with Crippen molar-refractivity contribution in [1.82, 2.24) is 15.5 Å². The van der Waals surface area contributed by atoms with Gasteiger partial charge in [-0.25, -0.2) is 4.99 Å². The Kier molecular flexibility index (Phi) is 6.30. The molecule has 3 N–H and O–H groups in total. The van der Waals surface area contributed by atoms with Gasteiger partial charge in [0.05, 0.1) is 18.3 Å². The van der Waals surface area contributed by atoms with Gasteiger partial charge in [-0.15, -0.1) is 0 Å². The Morgan fingerprint density at radius 3 is 2.83 bits per heavy atom. The van der Waals surface area contributed by atoms with Gasteiger partial charge in [0.1, 0.15) is 5.71 Å². The van der Waals surface area contributed by atoms with Crippen LogP contribution < -0.4 is 15.5 Å². The second-order valence-electron chi connectivity index (χ2n) is 7.61. The Balaban J connectivity index is 1.64. The predicted molar refractivity (Wildman–Crippen MR) is 124 cm³/mol. The fourth-order valence-corrected chi connectivity index (χ4v) is 3.92. The third kappa shape index (κ3) is 4.32. The number of aliphatic hydroxyl groups excluding tert-OH is 1. The number of nitrogens with one attached hydrogen (secondary N) is 2. The highest BCUT2D eigenvalue weighted by atomic mass is 16.3. The highest BCUT2D eigenvalue weighted by Crippen LogP contribution is 2.26. The van der Waals surface area contributed by atoms with Gasteiger partial charge in [-0.3, -0.25) is 4.99 Å². The third-order valence-electron chi connectivity index (χ3n) is 5.61. The van der Waals surface area contributed by atoms with E-state index in [0.717, 1.165) is 60.2 Å². The zero-order valence-corrected chi connectivity index (χ0v) is 17.7. The van der Waals surface area contributed by atoms with Gasteiger partial charge in [-0.2, -0.15) is 0 Å². The molecule has 0 saturated heterocycles. The summed E-state index contributed by atoms with van der Waals surface area (Å²) in [7, 11) is 2.06. The van der Waals surface area contributed by atoms with Crippen molar-refractivity contribution < 1.29 is 5.11 Å². The zero-order valence-electron chi connectivity index (χ0n) is 17.7. The standard InChI is InChI=1S/C23H30N6O/c1-3-29(13-14-30)19-8-6-17(7-9-19)20-15-21-22(25-11-12-28(21)2)23(27-20)26-18-5-4-10-24-16-18/h5-9,11-12,15,21,24,30H,3-4,10,13-14,16H2,1-2H3,(H,26,27). The number of aliphatic imine (C=N–C) groups is 2. The maximum absolute atomic E-state index is 9.28. The molecule has 7 nitrogen and oxygen atoms in total. The van der Waals surface area contributed by atoms with Gasteiger partial charge in [0.2, 0.25) is 0 Å². The van der Waals surface area contributed by atoms with Gasteiger partial charge >= 0.3 is 0 Å². The summed E-state index contributed by atoms with van der Waals surface area (Å²) in [5.74, 6) is 0.809. The molecule has 4 rings (SSSR count). The number of fused-ring (bicyclic) bond motifs is 1. The van der Waals surface area contributed by atoms with Crippen molar-refractivity contribution in [3.63, 3.8) is 0 Å². The van der Waals surface area contributed by atoms with E-state index in [2.05, 4.69) is 75.8 Å². The molecule has 7 heteroatoms. The lowest BCUT2D eigenvalue weighted by atomic mass is 10.00. The molecule has 3 aliphatic rings. The van der Waals surface area contributed by atoms with Crippen LogP contribution in [0.2, 0.25) is 0 Å². The summed E-state index contributed by atoms with van der Waals surface area (Å²) in [6.07, 6.45) is 9.22. The number of benzene rings is 1. The lowest BCUT2D eigenvalue weighted by molar-refractivity contribution is 0.302. The summed E-state index contributed by atoms with van der Waals surface area (Å²) in [6, 6.07) is 8.44. The maximum atomic E-state index is 9.28. The van der Waals surface area contributed by atoms with Crippen molar-refractivity contribution in [3.8, 4) is 0 Å². The van der Waals surface area contributed by atoms with Crippen LogP contribution in [0.25, 0.3) is 5.70 Å². The van der Waals surface area contributed by atoms with E-state index in [1.54, 1.807) is 0 Å². The van der Waals surface area contributed by atoms with E-state index < -0.39 is 0 Å². The SMILES string of the molecule is CCN(CCO)c1ccc(C2=CC3C(=NC=CN3C)C(NC3=CCCNC3)=N2)cc1. The number of likely N-dealkylation sites (N-methyl/N-ethyl adjacent to an activating group) is 2. The highest BCUT2D eigenvalue weighted by molar-refractivity contribution is 6.46. The first-order valence-corrected chi connectivity index (χ1v) is 10.6. The second kappa shape index (κ2) is 9.28. The second-order valence-corrected chi connectivity index (χ2v) is 7.61. The topological polar surface area (TPSA) is 75.5 Å². The smallest absolute Gasteiger partial charge is 0.155 e. The quantitative estimate of drug-likeness (QED) is 0.673. The molecule has 0 aromatic heterocycles. The van der Waals surface area contributed by atoms with Crippen molar-refractivity contribution in [3.05, 3.63) is 60.1 Å². The van der Waals surface area contributed by atoms with Crippen LogP contribution in [0, 0.1) is 0 Å². The van der Waals surface area contributed by atoms with Crippen LogP contribution in [0.1, 0.15) is 18.9 Å². The molecular weight excluding hydrogens is 376 g/mol. The summed E-state index contributed by atoms with van der Waals surface area (Å²) >= 11 is 0. The Morgan fingerprint density at radius 1 is 1.30 bits per heavy atom. The lowest BCUT2D eigenvalue weighted by Crippen LogP contribution is -2.47. The Bertz CT molecular complexity index is 912. The molecule has 0 aliphatic carbocycles. The number of hydrogen-bond donors (Lipinski definition) is 3. The Labute approximate surface area is 178 Å². The first-order chi connectivity index (χ1) is 14.7. The van der Waals surface area contributed by atoms with Crippen LogP contribution in [0.4, 0.5) is 5.69 Å². The molecule has 158 valence electrons. The molecule has 3 aliphatic heterocycles. The van der Waals surface area contributed by atoms with Gasteiger partial charge in [-0.05, 0) is 38.1 Å². The number of anilines is 1. The van der Waals surface area contributed by atoms with Crippen molar-refractivity contribution in [2.45, 2.75) is 19.4 Å². The number of aliphatic hydroxyl groups is 1. The highest BCUT2D eigenvalue weighted by Gasteiger charge is 2.29. The first kappa shape index (κ1) is 20.4. The van der Waals surface area contributed by atoms with E-state index in [1.165, 1.54) is 0 Å². The zero-order chi connectivity index (χ0) is 20.9. The van der Waals surface area contributed by atoms with E-state index in [1.807, 2.05) is 12.4 Å². The van der Waals surface area contributed by atoms with Crippen LogP contribution in [-0.2, 0) is 0 Å². The third-order valence-corrected chi connectivity index (χ3v) is 5.61. The van der Waals surface area contributed by atoms with Crippen molar-refractivity contribution in [2.24, 2.45) is 9.98 Å². The van der Waals surface area contributed by atoms with E-state index in [4.69, 9.17) is 4.99 Å². The van der Waals surface area contributed by atoms with Crippen LogP contribution in [-0.4, -0.2) is 67.4 Å². The molecule has 30 heavy (non-hydrogen) atoms.